The molecule has 0 N–H and O–H groups in total. The van der Waals surface area contributed by atoms with Crippen molar-refractivity contribution in [3.8, 4) is 0 Å². The van der Waals surface area contributed by atoms with Crippen molar-refractivity contribution in [1.29, 1.82) is 0 Å². The molecule has 1 aliphatic rings. The number of aryl methyl sites for hydroxylation is 2. The molecular weight excluding hydrogens is 310 g/mol. The van der Waals surface area contributed by atoms with Crippen molar-refractivity contribution in [2.24, 2.45) is 0 Å². The molecule has 1 fully saturated rings. The van der Waals surface area contributed by atoms with Gasteiger partial charge in [0.15, 0.2) is 0 Å². The SMILES string of the molecule is Cc1nc(CN(C)CC(c2cccs2)N2CCOCC2)oc1C. The third kappa shape index (κ3) is 4.20. The fraction of sp³-hybridized carbons (Fsp3) is 0.588. The van der Waals surface area contributed by atoms with E-state index in [4.69, 9.17) is 9.15 Å². The zero-order valence-electron chi connectivity index (χ0n) is 14.1. The van der Waals surface area contributed by atoms with E-state index >= 15 is 0 Å². The van der Waals surface area contributed by atoms with Crippen molar-refractivity contribution in [1.82, 2.24) is 14.8 Å². The number of morpholine rings is 1. The summed E-state index contributed by atoms with van der Waals surface area (Å²) in [7, 11) is 2.13. The van der Waals surface area contributed by atoms with Crippen LogP contribution in [0.25, 0.3) is 0 Å². The van der Waals surface area contributed by atoms with Gasteiger partial charge in [0.2, 0.25) is 5.89 Å². The molecule has 0 aliphatic carbocycles. The van der Waals surface area contributed by atoms with Gasteiger partial charge in [-0.05, 0) is 32.3 Å². The van der Waals surface area contributed by atoms with Gasteiger partial charge in [0.25, 0.3) is 0 Å². The van der Waals surface area contributed by atoms with E-state index in [-0.39, 0.29) is 0 Å². The minimum absolute atomic E-state index is 0.404. The second-order valence-electron chi connectivity index (χ2n) is 6.13. The van der Waals surface area contributed by atoms with Crippen LogP contribution in [0.15, 0.2) is 21.9 Å². The number of hydrogen-bond acceptors (Lipinski definition) is 6. The molecule has 1 aliphatic heterocycles. The van der Waals surface area contributed by atoms with Crippen LogP contribution in [0, 0.1) is 13.8 Å². The van der Waals surface area contributed by atoms with E-state index in [0.29, 0.717) is 6.04 Å². The molecule has 0 amide bonds. The molecule has 2 aromatic heterocycles. The van der Waals surface area contributed by atoms with Crippen molar-refractivity contribution >= 4 is 11.3 Å². The van der Waals surface area contributed by atoms with Gasteiger partial charge in [-0.2, -0.15) is 0 Å². The minimum Gasteiger partial charge on any atom is -0.444 e. The van der Waals surface area contributed by atoms with Crippen LogP contribution in [0.5, 0.6) is 0 Å². The molecule has 1 saturated heterocycles. The maximum Gasteiger partial charge on any atom is 0.208 e. The van der Waals surface area contributed by atoms with Crippen LogP contribution in [-0.4, -0.2) is 54.7 Å². The van der Waals surface area contributed by atoms with Crippen LogP contribution in [0.2, 0.25) is 0 Å². The summed E-state index contributed by atoms with van der Waals surface area (Å²) in [5.74, 6) is 1.71. The number of oxazole rings is 1. The molecule has 3 rings (SSSR count). The lowest BCUT2D eigenvalue weighted by Gasteiger charge is -2.36. The van der Waals surface area contributed by atoms with Gasteiger partial charge in [0.05, 0.1) is 31.5 Å². The lowest BCUT2D eigenvalue weighted by atomic mass is 10.1. The lowest BCUT2D eigenvalue weighted by molar-refractivity contribution is 0.00917. The van der Waals surface area contributed by atoms with Crippen LogP contribution in [-0.2, 0) is 11.3 Å². The number of aromatic nitrogens is 1. The average Bonchev–Trinajstić information content (AvgIpc) is 3.16. The molecule has 0 aromatic carbocycles. The standard InChI is InChI=1S/C17H25N3O2S/c1-13-14(2)22-17(18-13)12-19(3)11-15(16-5-4-10-23-16)20-6-8-21-9-7-20/h4-5,10,15H,6-9,11-12H2,1-3H3. The zero-order valence-corrected chi connectivity index (χ0v) is 14.9. The monoisotopic (exact) mass is 335 g/mol. The van der Waals surface area contributed by atoms with Crippen LogP contribution in [0.1, 0.15) is 28.3 Å². The predicted molar refractivity (Wildman–Crippen MR) is 91.8 cm³/mol. The molecule has 23 heavy (non-hydrogen) atoms. The zero-order chi connectivity index (χ0) is 16.2. The van der Waals surface area contributed by atoms with Crippen molar-refractivity contribution < 1.29 is 9.15 Å². The highest BCUT2D eigenvalue weighted by molar-refractivity contribution is 7.10. The Hall–Kier alpha value is -1.21. The van der Waals surface area contributed by atoms with Gasteiger partial charge in [-0.1, -0.05) is 6.07 Å². The van der Waals surface area contributed by atoms with Crippen LogP contribution >= 0.6 is 11.3 Å². The summed E-state index contributed by atoms with van der Waals surface area (Å²) in [6.45, 7) is 9.29. The summed E-state index contributed by atoms with van der Waals surface area (Å²) in [6.07, 6.45) is 0. The highest BCUT2D eigenvalue weighted by Crippen LogP contribution is 2.27. The van der Waals surface area contributed by atoms with E-state index in [2.05, 4.69) is 39.3 Å². The Morgan fingerprint density at radius 3 is 2.74 bits per heavy atom. The predicted octanol–water partition coefficient (Wildman–Crippen LogP) is 2.86. The van der Waals surface area contributed by atoms with Crippen LogP contribution in [0.4, 0.5) is 0 Å². The fourth-order valence-electron chi connectivity index (χ4n) is 2.95. The summed E-state index contributed by atoms with van der Waals surface area (Å²) in [5, 5.41) is 2.16. The Labute approximate surface area is 141 Å². The smallest absolute Gasteiger partial charge is 0.208 e. The number of thiophene rings is 1. The fourth-order valence-corrected chi connectivity index (χ4v) is 3.80. The number of nitrogens with zero attached hydrogens (tertiary/aromatic N) is 3. The van der Waals surface area contributed by atoms with E-state index < -0.39 is 0 Å². The summed E-state index contributed by atoms with van der Waals surface area (Å²) < 4.78 is 11.2. The van der Waals surface area contributed by atoms with Crippen molar-refractivity contribution in [3.05, 3.63) is 39.7 Å². The van der Waals surface area contributed by atoms with Crippen LogP contribution < -0.4 is 0 Å². The molecule has 0 radical (unpaired) electrons. The molecule has 2 aromatic rings. The number of rotatable bonds is 6. The molecule has 0 bridgehead atoms. The summed E-state index contributed by atoms with van der Waals surface area (Å²) in [6, 6.07) is 4.77. The first-order valence-electron chi connectivity index (χ1n) is 8.10. The number of ether oxygens (including phenoxy) is 1. The Bertz CT molecular complexity index is 586. The second-order valence-corrected chi connectivity index (χ2v) is 7.10. The first kappa shape index (κ1) is 16.6. The molecule has 1 unspecified atom stereocenters. The van der Waals surface area contributed by atoms with Crippen molar-refractivity contribution in [2.75, 3.05) is 39.9 Å². The Kier molecular flexibility index (Phi) is 5.48. The molecular formula is C17H25N3O2S. The normalized spacial score (nSPS) is 17.7. The Morgan fingerprint density at radius 1 is 1.35 bits per heavy atom. The highest BCUT2D eigenvalue weighted by atomic mass is 32.1. The van der Waals surface area contributed by atoms with Gasteiger partial charge in [0.1, 0.15) is 5.76 Å². The van der Waals surface area contributed by atoms with E-state index in [1.807, 2.05) is 25.2 Å². The number of hydrogen-bond donors (Lipinski definition) is 0. The van der Waals surface area contributed by atoms with Gasteiger partial charge in [-0.15, -0.1) is 11.3 Å². The Morgan fingerprint density at radius 2 is 2.13 bits per heavy atom. The van der Waals surface area contributed by atoms with E-state index in [0.717, 1.165) is 56.7 Å². The quantitative estimate of drug-likeness (QED) is 0.812. The molecule has 3 heterocycles. The van der Waals surface area contributed by atoms with Gasteiger partial charge in [-0.3, -0.25) is 9.80 Å². The first-order chi connectivity index (χ1) is 11.1. The summed E-state index contributed by atoms with van der Waals surface area (Å²) in [4.78, 5) is 10.7. The maximum atomic E-state index is 5.72. The summed E-state index contributed by atoms with van der Waals surface area (Å²) in [5.41, 5.74) is 0.983. The summed E-state index contributed by atoms with van der Waals surface area (Å²) >= 11 is 1.83. The first-order valence-corrected chi connectivity index (χ1v) is 8.98. The third-order valence-corrected chi connectivity index (χ3v) is 5.29. The highest BCUT2D eigenvalue weighted by Gasteiger charge is 2.25. The molecule has 126 valence electrons. The molecule has 6 heteroatoms. The van der Waals surface area contributed by atoms with Crippen molar-refractivity contribution in [3.63, 3.8) is 0 Å². The van der Waals surface area contributed by atoms with E-state index in [1.165, 1.54) is 4.88 Å². The second kappa shape index (κ2) is 7.57. The van der Waals surface area contributed by atoms with E-state index in [1.54, 1.807) is 0 Å². The minimum atomic E-state index is 0.404. The van der Waals surface area contributed by atoms with Crippen LogP contribution in [0.3, 0.4) is 0 Å². The number of likely N-dealkylation sites (N-methyl/N-ethyl adjacent to an activating group) is 1. The molecule has 1 atom stereocenters. The Balaban J connectivity index is 1.67. The van der Waals surface area contributed by atoms with Gasteiger partial charge in [-0.25, -0.2) is 4.98 Å². The van der Waals surface area contributed by atoms with Crippen molar-refractivity contribution in [2.45, 2.75) is 26.4 Å². The third-order valence-electron chi connectivity index (χ3n) is 4.32. The maximum absolute atomic E-state index is 5.72. The average molecular weight is 335 g/mol. The van der Waals surface area contributed by atoms with Gasteiger partial charge in [0, 0.05) is 24.5 Å². The molecule has 0 saturated carbocycles. The molecule has 0 spiro atoms. The van der Waals surface area contributed by atoms with E-state index in [9.17, 15) is 0 Å². The molecule has 5 nitrogen and oxygen atoms in total. The van der Waals surface area contributed by atoms with Gasteiger partial charge >= 0.3 is 0 Å². The van der Waals surface area contributed by atoms with Gasteiger partial charge < -0.3 is 9.15 Å². The largest absolute Gasteiger partial charge is 0.444 e. The lowest BCUT2D eigenvalue weighted by Crippen LogP contribution is -2.42. The topological polar surface area (TPSA) is 41.7 Å².